The van der Waals surface area contributed by atoms with E-state index in [0.717, 1.165) is 12.5 Å². The molecule has 0 bridgehead atoms. The monoisotopic (exact) mass is 267 g/mol. The van der Waals surface area contributed by atoms with Gasteiger partial charge in [-0.15, -0.1) is 0 Å². The Morgan fingerprint density at radius 3 is 2.32 bits per heavy atom. The molecule has 1 unspecified atom stereocenters. The van der Waals surface area contributed by atoms with Crippen molar-refractivity contribution in [2.45, 2.75) is 46.6 Å². The van der Waals surface area contributed by atoms with Gasteiger partial charge in [0, 0.05) is 32.2 Å². The second kappa shape index (κ2) is 6.55. The molecule has 2 aliphatic rings. The Balaban J connectivity index is 1.77. The van der Waals surface area contributed by atoms with E-state index in [1.807, 2.05) is 0 Å². The molecule has 19 heavy (non-hydrogen) atoms. The molecule has 0 spiro atoms. The van der Waals surface area contributed by atoms with Crippen LogP contribution in [0.15, 0.2) is 0 Å². The molecule has 2 aliphatic heterocycles. The average molecular weight is 267 g/mol. The number of hydrogen-bond acceptors (Lipinski definition) is 3. The van der Waals surface area contributed by atoms with Crippen molar-refractivity contribution in [2.24, 2.45) is 11.3 Å². The van der Waals surface area contributed by atoms with Crippen LogP contribution in [0.5, 0.6) is 0 Å². The van der Waals surface area contributed by atoms with E-state index in [2.05, 4.69) is 42.8 Å². The fraction of sp³-hybridized carbons (Fsp3) is 1.00. The van der Waals surface area contributed by atoms with Crippen molar-refractivity contribution < 1.29 is 0 Å². The fourth-order valence-corrected chi connectivity index (χ4v) is 3.41. The molecular formula is C16H33N3. The minimum Gasteiger partial charge on any atom is -0.311 e. The van der Waals surface area contributed by atoms with Gasteiger partial charge in [-0.05, 0) is 43.8 Å². The molecule has 0 saturated carbocycles. The predicted molar refractivity (Wildman–Crippen MR) is 82.5 cm³/mol. The standard InChI is InChI=1S/C16H33N3/c1-5-18-9-6-14(7-10-18)12-19-11-8-17-15(13-19)16(2,3)4/h14-15,17H,5-13H2,1-4H3. The number of hydrogen-bond donors (Lipinski definition) is 1. The van der Waals surface area contributed by atoms with Crippen molar-refractivity contribution in [3.8, 4) is 0 Å². The first-order valence-electron chi connectivity index (χ1n) is 8.17. The van der Waals surface area contributed by atoms with Crippen LogP contribution in [0.3, 0.4) is 0 Å². The third-order valence-electron chi connectivity index (χ3n) is 4.98. The van der Waals surface area contributed by atoms with E-state index in [-0.39, 0.29) is 0 Å². The van der Waals surface area contributed by atoms with E-state index < -0.39 is 0 Å². The highest BCUT2D eigenvalue weighted by Gasteiger charge is 2.30. The van der Waals surface area contributed by atoms with Gasteiger partial charge < -0.3 is 15.1 Å². The summed E-state index contributed by atoms with van der Waals surface area (Å²) in [6.07, 6.45) is 2.80. The van der Waals surface area contributed by atoms with Gasteiger partial charge in [0.05, 0.1) is 0 Å². The summed E-state index contributed by atoms with van der Waals surface area (Å²) in [6, 6.07) is 0.650. The Bertz CT molecular complexity index is 264. The van der Waals surface area contributed by atoms with E-state index in [9.17, 15) is 0 Å². The number of piperazine rings is 1. The molecule has 2 saturated heterocycles. The summed E-state index contributed by atoms with van der Waals surface area (Å²) in [6.45, 7) is 18.2. The van der Waals surface area contributed by atoms with Crippen LogP contribution in [0.1, 0.15) is 40.5 Å². The first-order chi connectivity index (χ1) is 8.99. The molecule has 0 aliphatic carbocycles. The summed E-state index contributed by atoms with van der Waals surface area (Å²) in [7, 11) is 0. The van der Waals surface area contributed by atoms with E-state index in [1.54, 1.807) is 0 Å². The van der Waals surface area contributed by atoms with E-state index in [1.165, 1.54) is 52.1 Å². The zero-order chi connectivity index (χ0) is 13.9. The Morgan fingerprint density at radius 1 is 1.05 bits per heavy atom. The van der Waals surface area contributed by atoms with Gasteiger partial charge in [-0.3, -0.25) is 0 Å². The highest BCUT2D eigenvalue weighted by molar-refractivity contribution is 4.88. The number of piperidine rings is 1. The number of nitrogens with one attached hydrogen (secondary N) is 1. The third kappa shape index (κ3) is 4.44. The SMILES string of the molecule is CCN1CCC(CN2CCNC(C(C)(C)C)C2)CC1. The topological polar surface area (TPSA) is 18.5 Å². The van der Waals surface area contributed by atoms with Gasteiger partial charge >= 0.3 is 0 Å². The van der Waals surface area contributed by atoms with Crippen LogP contribution in [-0.4, -0.2) is 61.7 Å². The van der Waals surface area contributed by atoms with Gasteiger partial charge in [0.25, 0.3) is 0 Å². The molecule has 0 amide bonds. The second-order valence-electron chi connectivity index (χ2n) is 7.51. The smallest absolute Gasteiger partial charge is 0.0244 e. The number of rotatable bonds is 3. The number of likely N-dealkylation sites (tertiary alicyclic amines) is 1. The quantitative estimate of drug-likeness (QED) is 0.844. The lowest BCUT2D eigenvalue weighted by Gasteiger charge is -2.42. The molecule has 2 rings (SSSR count). The van der Waals surface area contributed by atoms with Crippen LogP contribution in [0, 0.1) is 11.3 Å². The summed E-state index contributed by atoms with van der Waals surface area (Å²) in [5.41, 5.74) is 0.379. The van der Waals surface area contributed by atoms with Crippen LogP contribution in [-0.2, 0) is 0 Å². The zero-order valence-corrected chi connectivity index (χ0v) is 13.4. The molecule has 3 nitrogen and oxygen atoms in total. The fourth-order valence-electron chi connectivity index (χ4n) is 3.41. The Kier molecular flexibility index (Phi) is 5.27. The van der Waals surface area contributed by atoms with Gasteiger partial charge in [-0.1, -0.05) is 27.7 Å². The summed E-state index contributed by atoms with van der Waals surface area (Å²) >= 11 is 0. The van der Waals surface area contributed by atoms with Crippen LogP contribution >= 0.6 is 0 Å². The Hall–Kier alpha value is -0.120. The molecule has 2 fully saturated rings. The Labute approximate surface area is 119 Å². The maximum Gasteiger partial charge on any atom is 0.0244 e. The lowest BCUT2D eigenvalue weighted by molar-refractivity contribution is 0.0976. The molecule has 112 valence electrons. The second-order valence-corrected chi connectivity index (χ2v) is 7.51. The van der Waals surface area contributed by atoms with E-state index >= 15 is 0 Å². The average Bonchev–Trinajstić information content (AvgIpc) is 2.39. The van der Waals surface area contributed by atoms with Crippen LogP contribution in [0.2, 0.25) is 0 Å². The zero-order valence-electron chi connectivity index (χ0n) is 13.4. The summed E-state index contributed by atoms with van der Waals surface area (Å²) in [4.78, 5) is 5.30. The predicted octanol–water partition coefficient (Wildman–Crippen LogP) is 2.04. The highest BCUT2D eigenvalue weighted by atomic mass is 15.2. The molecule has 0 radical (unpaired) electrons. The molecule has 0 aromatic rings. The number of nitrogens with zero attached hydrogens (tertiary/aromatic N) is 2. The van der Waals surface area contributed by atoms with Gasteiger partial charge in [-0.25, -0.2) is 0 Å². The molecule has 2 heterocycles. The molecule has 1 N–H and O–H groups in total. The maximum atomic E-state index is 3.69. The van der Waals surface area contributed by atoms with Gasteiger partial charge in [0.15, 0.2) is 0 Å². The van der Waals surface area contributed by atoms with Crippen molar-refractivity contribution >= 4 is 0 Å². The molecule has 1 atom stereocenters. The van der Waals surface area contributed by atoms with Crippen molar-refractivity contribution in [2.75, 3.05) is 45.8 Å². The minimum atomic E-state index is 0.379. The summed E-state index contributed by atoms with van der Waals surface area (Å²) < 4.78 is 0. The normalized spacial score (nSPS) is 28.7. The third-order valence-corrected chi connectivity index (χ3v) is 4.98. The highest BCUT2D eigenvalue weighted by Crippen LogP contribution is 2.24. The van der Waals surface area contributed by atoms with Gasteiger partial charge in [0.2, 0.25) is 0 Å². The van der Waals surface area contributed by atoms with Gasteiger partial charge in [0.1, 0.15) is 0 Å². The molecule has 3 heteroatoms. The van der Waals surface area contributed by atoms with Crippen molar-refractivity contribution in [3.05, 3.63) is 0 Å². The molecular weight excluding hydrogens is 234 g/mol. The van der Waals surface area contributed by atoms with Crippen LogP contribution in [0.4, 0.5) is 0 Å². The van der Waals surface area contributed by atoms with E-state index in [4.69, 9.17) is 0 Å². The molecule has 0 aromatic carbocycles. The minimum absolute atomic E-state index is 0.379. The lowest BCUT2D eigenvalue weighted by atomic mass is 9.85. The van der Waals surface area contributed by atoms with Crippen LogP contribution in [0.25, 0.3) is 0 Å². The van der Waals surface area contributed by atoms with Gasteiger partial charge in [-0.2, -0.15) is 0 Å². The van der Waals surface area contributed by atoms with Crippen LogP contribution < -0.4 is 5.32 Å². The first kappa shape index (κ1) is 15.3. The lowest BCUT2D eigenvalue weighted by Crippen LogP contribution is -2.56. The molecule has 0 aromatic heterocycles. The maximum absolute atomic E-state index is 3.69. The summed E-state index contributed by atoms with van der Waals surface area (Å²) in [5.74, 6) is 0.932. The van der Waals surface area contributed by atoms with E-state index in [0.29, 0.717) is 11.5 Å². The van der Waals surface area contributed by atoms with Crippen molar-refractivity contribution in [1.29, 1.82) is 0 Å². The summed E-state index contributed by atoms with van der Waals surface area (Å²) in [5, 5.41) is 3.69. The van der Waals surface area contributed by atoms with Crippen molar-refractivity contribution in [3.63, 3.8) is 0 Å². The first-order valence-corrected chi connectivity index (χ1v) is 8.17. The van der Waals surface area contributed by atoms with Crippen molar-refractivity contribution in [1.82, 2.24) is 15.1 Å². The largest absolute Gasteiger partial charge is 0.311 e. The Morgan fingerprint density at radius 2 is 1.74 bits per heavy atom.